The molecule has 0 saturated carbocycles. The molecule has 0 spiro atoms. The van der Waals surface area contributed by atoms with Crippen molar-refractivity contribution in [3.05, 3.63) is 98.4 Å². The molecule has 1 saturated heterocycles. The van der Waals surface area contributed by atoms with Gasteiger partial charge in [0.2, 0.25) is 17.7 Å². The number of imide groups is 1. The minimum atomic E-state index is -0.805. The van der Waals surface area contributed by atoms with Crippen LogP contribution in [-0.2, 0) is 25.7 Å². The largest absolute Gasteiger partial charge is 0.469 e. The highest BCUT2D eigenvalue weighted by atomic mass is 32.2. The molecule has 3 unspecified atom stereocenters. The van der Waals surface area contributed by atoms with Crippen LogP contribution < -0.4 is 15.1 Å². The molecular weight excluding hydrogens is 578 g/mol. The van der Waals surface area contributed by atoms with E-state index in [4.69, 9.17) is 9.15 Å². The number of aryl methyl sites for hydroxylation is 1. The molecule has 10 nitrogen and oxygen atoms in total. The van der Waals surface area contributed by atoms with E-state index in [1.807, 2.05) is 19.1 Å². The summed E-state index contributed by atoms with van der Waals surface area (Å²) in [6.45, 7) is 3.59. The number of fused-ring (bicyclic) bond motifs is 2. The summed E-state index contributed by atoms with van der Waals surface area (Å²) in [6.07, 6.45) is 1.49. The summed E-state index contributed by atoms with van der Waals surface area (Å²) in [5.74, 6) is -2.63. The van der Waals surface area contributed by atoms with Gasteiger partial charge in [0.05, 0.1) is 45.9 Å². The van der Waals surface area contributed by atoms with E-state index in [2.05, 4.69) is 5.32 Å². The lowest BCUT2D eigenvalue weighted by molar-refractivity contribution is -0.122. The second-order valence-electron chi connectivity index (χ2n) is 9.87. The number of amides is 3. The Morgan fingerprint density at radius 2 is 1.74 bits per heavy atom. The number of esters is 1. The van der Waals surface area contributed by atoms with Gasteiger partial charge >= 0.3 is 10.8 Å². The molecule has 6 rings (SSSR count). The van der Waals surface area contributed by atoms with Crippen LogP contribution in [0.1, 0.15) is 39.4 Å². The predicted molar refractivity (Wildman–Crippen MR) is 157 cm³/mol. The number of benzene rings is 2. The van der Waals surface area contributed by atoms with Crippen molar-refractivity contribution in [3.63, 3.8) is 0 Å². The highest BCUT2D eigenvalue weighted by Crippen LogP contribution is 2.53. The fourth-order valence-electron chi connectivity index (χ4n) is 5.23. The Kier molecular flexibility index (Phi) is 7.33. The van der Waals surface area contributed by atoms with Gasteiger partial charge in [0.15, 0.2) is 0 Å². The Balaban J connectivity index is 1.30. The zero-order chi connectivity index (χ0) is 29.5. The summed E-state index contributed by atoms with van der Waals surface area (Å²) in [5, 5.41) is 2.40. The van der Waals surface area contributed by atoms with E-state index in [-0.39, 0.29) is 29.8 Å². The van der Waals surface area contributed by atoms with E-state index >= 15 is 0 Å². The summed E-state index contributed by atoms with van der Waals surface area (Å²) in [7, 11) is 0. The maximum Gasteiger partial charge on any atom is 0.338 e. The molecule has 42 heavy (non-hydrogen) atoms. The summed E-state index contributed by atoms with van der Waals surface area (Å²) in [4.78, 5) is 67.1. The number of carbonyl (C=O) groups excluding carboxylic acids is 4. The van der Waals surface area contributed by atoms with Gasteiger partial charge in [-0.1, -0.05) is 40.8 Å². The third-order valence-corrected chi connectivity index (χ3v) is 9.78. The van der Waals surface area contributed by atoms with Gasteiger partial charge in [0.25, 0.3) is 0 Å². The number of hydrogen-bond donors (Lipinski definition) is 1. The zero-order valence-corrected chi connectivity index (χ0v) is 24.2. The first-order valence-electron chi connectivity index (χ1n) is 13.2. The lowest BCUT2D eigenvalue weighted by Crippen LogP contribution is -2.32. The number of nitrogens with one attached hydrogen (secondary N) is 1. The molecule has 12 heteroatoms. The number of aromatic nitrogens is 1. The second kappa shape index (κ2) is 11.1. The minimum absolute atomic E-state index is 0.251. The van der Waals surface area contributed by atoms with Crippen molar-refractivity contribution in [1.82, 2.24) is 4.57 Å². The number of rotatable bonds is 7. The minimum Gasteiger partial charge on any atom is -0.469 e. The molecule has 0 radical (unpaired) electrons. The van der Waals surface area contributed by atoms with Crippen LogP contribution in [0, 0.1) is 12.8 Å². The lowest BCUT2D eigenvalue weighted by Gasteiger charge is -2.29. The Morgan fingerprint density at radius 3 is 2.40 bits per heavy atom. The van der Waals surface area contributed by atoms with E-state index in [9.17, 15) is 24.0 Å². The predicted octanol–water partition coefficient (Wildman–Crippen LogP) is 4.42. The quantitative estimate of drug-likeness (QED) is 0.243. The number of furan rings is 1. The standard InChI is InChI=1S/C30H25N3O7S2/c1-3-39-29(37)17-8-10-18(11-9-17)31-21(34)15-32-28-25(42-30(32)38)22(20-5-4-14-40-20)23-24(41-28)27(36)33(26(23)35)19-12-6-16(2)7-13-19/h4-14,22-24H,3,15H2,1-2H3,(H,31,34). The van der Waals surface area contributed by atoms with Gasteiger partial charge < -0.3 is 14.5 Å². The van der Waals surface area contributed by atoms with Gasteiger partial charge in [-0.3, -0.25) is 23.7 Å². The molecule has 4 aromatic rings. The molecule has 3 atom stereocenters. The monoisotopic (exact) mass is 603 g/mol. The molecule has 1 fully saturated rings. The first kappa shape index (κ1) is 27.7. The number of hydrogen-bond acceptors (Lipinski definition) is 9. The van der Waals surface area contributed by atoms with Crippen LogP contribution in [0.3, 0.4) is 0 Å². The summed E-state index contributed by atoms with van der Waals surface area (Å²) in [6, 6.07) is 16.8. The molecule has 1 N–H and O–H groups in total. The van der Waals surface area contributed by atoms with Crippen molar-refractivity contribution in [2.45, 2.75) is 36.6 Å². The number of anilines is 2. The Hall–Kier alpha value is -4.42. The number of thioether (sulfide) groups is 1. The maximum absolute atomic E-state index is 13.8. The fraction of sp³-hybridized carbons (Fsp3) is 0.233. The highest BCUT2D eigenvalue weighted by Gasteiger charge is 2.57. The van der Waals surface area contributed by atoms with E-state index in [0.717, 1.165) is 28.7 Å². The van der Waals surface area contributed by atoms with Gasteiger partial charge in [0, 0.05) is 5.69 Å². The highest BCUT2D eigenvalue weighted by molar-refractivity contribution is 8.00. The Bertz CT molecular complexity index is 1740. The van der Waals surface area contributed by atoms with Crippen molar-refractivity contribution >= 4 is 58.2 Å². The average Bonchev–Trinajstić information content (AvgIpc) is 3.67. The van der Waals surface area contributed by atoms with E-state index in [1.54, 1.807) is 55.5 Å². The molecule has 0 aliphatic carbocycles. The Morgan fingerprint density at radius 1 is 1.00 bits per heavy atom. The molecular formula is C30H25N3O7S2. The molecule has 214 valence electrons. The summed E-state index contributed by atoms with van der Waals surface area (Å²) >= 11 is 2.08. The first-order chi connectivity index (χ1) is 20.3. The zero-order valence-electron chi connectivity index (χ0n) is 22.6. The van der Waals surface area contributed by atoms with Crippen molar-refractivity contribution in [2.75, 3.05) is 16.8 Å². The van der Waals surface area contributed by atoms with Crippen LogP contribution in [0.4, 0.5) is 11.4 Å². The lowest BCUT2D eigenvalue weighted by atomic mass is 9.87. The van der Waals surface area contributed by atoms with Crippen LogP contribution in [0.15, 0.2) is 81.2 Å². The van der Waals surface area contributed by atoms with Gasteiger partial charge in [-0.2, -0.15) is 0 Å². The third-order valence-electron chi connectivity index (χ3n) is 7.17. The van der Waals surface area contributed by atoms with Crippen molar-refractivity contribution in [1.29, 1.82) is 0 Å². The third kappa shape index (κ3) is 4.86. The normalized spacial score (nSPS) is 19.4. The second-order valence-corrected chi connectivity index (χ2v) is 12.0. The van der Waals surface area contributed by atoms with Crippen LogP contribution in [-0.4, -0.2) is 40.1 Å². The molecule has 4 heterocycles. The summed E-state index contributed by atoms with van der Waals surface area (Å²) in [5.41, 5.74) is 2.27. The number of thiazole rings is 1. The van der Waals surface area contributed by atoms with Crippen LogP contribution in [0.2, 0.25) is 0 Å². The molecule has 2 aromatic carbocycles. The van der Waals surface area contributed by atoms with E-state index in [1.165, 1.54) is 15.7 Å². The van der Waals surface area contributed by atoms with Crippen LogP contribution in [0.5, 0.6) is 0 Å². The topological polar surface area (TPSA) is 128 Å². The van der Waals surface area contributed by atoms with Gasteiger partial charge in [-0.15, -0.1) is 0 Å². The van der Waals surface area contributed by atoms with E-state index in [0.29, 0.717) is 32.6 Å². The molecule has 2 aliphatic rings. The van der Waals surface area contributed by atoms with Crippen LogP contribution in [0.25, 0.3) is 0 Å². The fourth-order valence-corrected chi connectivity index (χ4v) is 7.98. The number of carbonyl (C=O) groups is 4. The van der Waals surface area contributed by atoms with E-state index < -0.39 is 29.0 Å². The average molecular weight is 604 g/mol. The molecule has 3 amide bonds. The van der Waals surface area contributed by atoms with Crippen molar-refractivity contribution in [2.24, 2.45) is 5.92 Å². The van der Waals surface area contributed by atoms with Gasteiger partial charge in [-0.05, 0) is 62.4 Å². The van der Waals surface area contributed by atoms with Crippen LogP contribution >= 0.6 is 23.1 Å². The first-order valence-corrected chi connectivity index (χ1v) is 14.9. The molecule has 2 aromatic heterocycles. The SMILES string of the molecule is CCOC(=O)c1ccc(NC(=O)Cn2c3c(sc2=O)C(c2ccco2)C2C(=O)N(c4ccc(C)cc4)C(=O)C2S3)cc1. The van der Waals surface area contributed by atoms with Gasteiger partial charge in [0.1, 0.15) is 17.6 Å². The summed E-state index contributed by atoms with van der Waals surface area (Å²) < 4.78 is 12.0. The molecule has 2 aliphatic heterocycles. The number of ether oxygens (including phenoxy) is 1. The smallest absolute Gasteiger partial charge is 0.338 e. The Labute approximate surface area is 248 Å². The number of nitrogens with zero attached hydrogens (tertiary/aromatic N) is 2. The maximum atomic E-state index is 13.8. The van der Waals surface area contributed by atoms with Gasteiger partial charge in [-0.25, -0.2) is 9.69 Å². The van der Waals surface area contributed by atoms with Crippen molar-refractivity contribution in [3.8, 4) is 0 Å². The molecule has 0 bridgehead atoms. The van der Waals surface area contributed by atoms with Crippen molar-refractivity contribution < 1.29 is 28.3 Å².